The van der Waals surface area contributed by atoms with Crippen molar-refractivity contribution in [2.24, 2.45) is 0 Å². The zero-order chi connectivity index (χ0) is 24.7. The fourth-order valence-electron chi connectivity index (χ4n) is 3.08. The van der Waals surface area contributed by atoms with Gasteiger partial charge < -0.3 is 4.84 Å². The number of benzene rings is 2. The first-order valence-corrected chi connectivity index (χ1v) is 13.2. The van der Waals surface area contributed by atoms with Gasteiger partial charge in [0.05, 0.1) is 13.1 Å². The van der Waals surface area contributed by atoms with Crippen LogP contribution in [0.3, 0.4) is 0 Å². The molecular formula is C23H22Cl2N2O5S2. The van der Waals surface area contributed by atoms with Crippen LogP contribution in [0.1, 0.15) is 28.8 Å². The molecule has 11 heteroatoms. The van der Waals surface area contributed by atoms with E-state index in [1.807, 2.05) is 19.1 Å². The quantitative estimate of drug-likeness (QED) is 0.213. The van der Waals surface area contributed by atoms with Gasteiger partial charge in [-0.05, 0) is 53.4 Å². The van der Waals surface area contributed by atoms with Crippen LogP contribution in [-0.2, 0) is 37.5 Å². The van der Waals surface area contributed by atoms with Crippen LogP contribution >= 0.6 is 34.5 Å². The molecule has 1 heterocycles. The molecular weight excluding hydrogens is 519 g/mol. The lowest BCUT2D eigenvalue weighted by atomic mass is 10.0. The van der Waals surface area contributed by atoms with E-state index in [0.717, 1.165) is 22.5 Å². The zero-order valence-corrected chi connectivity index (χ0v) is 21.3. The van der Waals surface area contributed by atoms with E-state index in [1.54, 1.807) is 42.5 Å². The van der Waals surface area contributed by atoms with Crippen molar-refractivity contribution in [1.82, 2.24) is 9.79 Å². The number of carbonyl (C=O) groups is 2. The Morgan fingerprint density at radius 1 is 1.09 bits per heavy atom. The summed E-state index contributed by atoms with van der Waals surface area (Å²) in [5, 5.41) is 2.41. The summed E-state index contributed by atoms with van der Waals surface area (Å²) in [6.07, 6.45) is 0.0705. The maximum absolute atomic E-state index is 12.8. The van der Waals surface area contributed by atoms with Gasteiger partial charge in [-0.3, -0.25) is 4.79 Å². The molecule has 0 aliphatic carbocycles. The number of aldehydes is 1. The maximum Gasteiger partial charge on any atom is 0.390 e. The second-order valence-corrected chi connectivity index (χ2v) is 11.5. The molecule has 0 aliphatic heterocycles. The van der Waals surface area contributed by atoms with E-state index in [-0.39, 0.29) is 36.0 Å². The van der Waals surface area contributed by atoms with Crippen LogP contribution < -0.4 is 4.72 Å². The summed E-state index contributed by atoms with van der Waals surface area (Å²) in [6, 6.07) is 17.4. The largest absolute Gasteiger partial charge is 0.390 e. The number of nitrogens with one attached hydrogen (secondary N) is 1. The summed E-state index contributed by atoms with van der Waals surface area (Å²) in [6.45, 7) is 2.39. The Morgan fingerprint density at radius 2 is 1.82 bits per heavy atom. The van der Waals surface area contributed by atoms with Crippen LogP contribution in [0.4, 0.5) is 0 Å². The van der Waals surface area contributed by atoms with Gasteiger partial charge in [0, 0.05) is 21.5 Å². The first-order chi connectivity index (χ1) is 16.2. The standard InChI is InChI=1S/C23H22Cl2N2O5S2/c1-16(18-5-7-19(24)8-6-18)12-26-34(30,31)23-10-9-21(33-23)14-27(32-22(29)15-28)13-17-3-2-4-20(25)11-17/h2-11,15-16,26H,12-14H2,1H3. The van der Waals surface area contributed by atoms with E-state index in [1.165, 1.54) is 11.1 Å². The fraction of sp³-hybridized carbons (Fsp3) is 0.217. The summed E-state index contributed by atoms with van der Waals surface area (Å²) >= 11 is 13.0. The number of carbonyl (C=O) groups excluding carboxylic acids is 2. The van der Waals surface area contributed by atoms with Crippen LogP contribution in [0.5, 0.6) is 0 Å². The van der Waals surface area contributed by atoms with Gasteiger partial charge in [0.25, 0.3) is 0 Å². The Bertz CT molecular complexity index is 1250. The van der Waals surface area contributed by atoms with Crippen molar-refractivity contribution < 1.29 is 22.8 Å². The van der Waals surface area contributed by atoms with Gasteiger partial charge in [-0.15, -0.1) is 16.4 Å². The van der Waals surface area contributed by atoms with Crippen molar-refractivity contribution in [3.05, 3.63) is 86.7 Å². The Kier molecular flexibility index (Phi) is 9.24. The number of hydrogen-bond donors (Lipinski definition) is 1. The van der Waals surface area contributed by atoms with Crippen molar-refractivity contribution in [3.63, 3.8) is 0 Å². The summed E-state index contributed by atoms with van der Waals surface area (Å²) in [4.78, 5) is 28.0. The van der Waals surface area contributed by atoms with E-state index >= 15 is 0 Å². The van der Waals surface area contributed by atoms with E-state index < -0.39 is 16.0 Å². The van der Waals surface area contributed by atoms with E-state index in [0.29, 0.717) is 14.9 Å². The first-order valence-electron chi connectivity index (χ1n) is 10.2. The molecule has 1 atom stereocenters. The number of hydrogen-bond acceptors (Lipinski definition) is 7. The van der Waals surface area contributed by atoms with Gasteiger partial charge in [0.2, 0.25) is 16.3 Å². The highest BCUT2D eigenvalue weighted by Crippen LogP contribution is 2.25. The normalized spacial score (nSPS) is 12.5. The molecule has 0 aliphatic rings. The van der Waals surface area contributed by atoms with E-state index in [4.69, 9.17) is 28.0 Å². The lowest BCUT2D eigenvalue weighted by Gasteiger charge is -2.19. The summed E-state index contributed by atoms with van der Waals surface area (Å²) < 4.78 is 28.4. The zero-order valence-electron chi connectivity index (χ0n) is 18.1. The van der Waals surface area contributed by atoms with Crippen molar-refractivity contribution in [2.45, 2.75) is 30.1 Å². The molecule has 34 heavy (non-hydrogen) atoms. The number of halogens is 2. The highest BCUT2D eigenvalue weighted by molar-refractivity contribution is 7.91. The highest BCUT2D eigenvalue weighted by Gasteiger charge is 2.20. The molecule has 0 saturated carbocycles. The Labute approximate surface area is 212 Å². The van der Waals surface area contributed by atoms with Crippen LogP contribution in [-0.4, -0.2) is 32.3 Å². The molecule has 1 unspecified atom stereocenters. The van der Waals surface area contributed by atoms with E-state index in [9.17, 15) is 18.0 Å². The fourth-order valence-corrected chi connectivity index (χ4v) is 5.96. The van der Waals surface area contributed by atoms with Crippen LogP contribution in [0.15, 0.2) is 64.9 Å². The molecule has 0 spiro atoms. The minimum Gasteiger partial charge on any atom is -0.361 e. The average Bonchev–Trinajstić information content (AvgIpc) is 3.27. The van der Waals surface area contributed by atoms with Gasteiger partial charge in [-0.1, -0.05) is 54.4 Å². The second-order valence-electron chi connectivity index (χ2n) is 7.48. The van der Waals surface area contributed by atoms with Gasteiger partial charge in [-0.25, -0.2) is 17.9 Å². The van der Waals surface area contributed by atoms with Crippen molar-refractivity contribution in [1.29, 1.82) is 0 Å². The van der Waals surface area contributed by atoms with Crippen molar-refractivity contribution >= 4 is 56.8 Å². The Hall–Kier alpha value is -2.27. The summed E-state index contributed by atoms with van der Waals surface area (Å²) in [7, 11) is -3.74. The topological polar surface area (TPSA) is 92.8 Å². The molecule has 3 aromatic rings. The van der Waals surface area contributed by atoms with Gasteiger partial charge in [0.1, 0.15) is 4.21 Å². The summed E-state index contributed by atoms with van der Waals surface area (Å²) in [5.74, 6) is -1.10. The van der Waals surface area contributed by atoms with Gasteiger partial charge >= 0.3 is 5.97 Å². The third-order valence-corrected chi connectivity index (χ3v) is 8.29. The first kappa shape index (κ1) is 26.3. The predicted octanol–water partition coefficient (Wildman–Crippen LogP) is 4.80. The number of sulfonamides is 1. The Morgan fingerprint density at radius 3 is 2.50 bits per heavy atom. The monoisotopic (exact) mass is 540 g/mol. The van der Waals surface area contributed by atoms with Gasteiger partial charge in [-0.2, -0.15) is 0 Å². The SMILES string of the molecule is CC(CNS(=O)(=O)c1ccc(CN(Cc2cccc(Cl)c2)OC(=O)C=O)s1)c1ccc(Cl)cc1. The molecule has 0 bridgehead atoms. The molecule has 0 radical (unpaired) electrons. The van der Waals surface area contributed by atoms with Crippen LogP contribution in [0, 0.1) is 0 Å². The average molecular weight is 541 g/mol. The van der Waals surface area contributed by atoms with Crippen LogP contribution in [0.2, 0.25) is 10.0 Å². The smallest absolute Gasteiger partial charge is 0.361 e. The molecule has 7 nitrogen and oxygen atoms in total. The summed E-state index contributed by atoms with van der Waals surface area (Å²) in [5.41, 5.74) is 1.72. The Balaban J connectivity index is 1.67. The number of nitrogens with zero attached hydrogens (tertiary/aromatic N) is 1. The molecule has 0 fully saturated rings. The number of rotatable bonds is 11. The molecule has 0 amide bonds. The molecule has 180 valence electrons. The maximum atomic E-state index is 12.8. The number of thiophene rings is 1. The third-order valence-electron chi connectivity index (χ3n) is 4.82. The van der Waals surface area contributed by atoms with Crippen molar-refractivity contribution in [2.75, 3.05) is 6.54 Å². The van der Waals surface area contributed by atoms with E-state index in [2.05, 4.69) is 4.72 Å². The van der Waals surface area contributed by atoms with Crippen molar-refractivity contribution in [3.8, 4) is 0 Å². The molecule has 2 aromatic carbocycles. The lowest BCUT2D eigenvalue weighted by Crippen LogP contribution is -2.27. The number of hydroxylamine groups is 2. The third kappa shape index (κ3) is 7.63. The lowest BCUT2D eigenvalue weighted by molar-refractivity contribution is -0.194. The molecule has 3 rings (SSSR count). The minimum atomic E-state index is -3.74. The molecule has 1 aromatic heterocycles. The van der Waals surface area contributed by atoms with Crippen LogP contribution in [0.25, 0.3) is 0 Å². The minimum absolute atomic E-state index is 0.0533. The van der Waals surface area contributed by atoms with Gasteiger partial charge in [0.15, 0.2) is 0 Å². The molecule has 1 N–H and O–H groups in total. The molecule has 0 saturated heterocycles. The predicted molar refractivity (Wildman–Crippen MR) is 132 cm³/mol. The highest BCUT2D eigenvalue weighted by atomic mass is 35.5. The second kappa shape index (κ2) is 11.9.